The van der Waals surface area contributed by atoms with Gasteiger partial charge in [-0.2, -0.15) is 0 Å². The van der Waals surface area contributed by atoms with E-state index in [-0.39, 0.29) is 5.91 Å². The van der Waals surface area contributed by atoms with Crippen LogP contribution < -0.4 is 10.2 Å². The molecule has 5 heteroatoms. The molecule has 0 atom stereocenters. The van der Waals surface area contributed by atoms with Crippen LogP contribution in [0.3, 0.4) is 0 Å². The molecule has 0 unspecified atom stereocenters. The topological polar surface area (TPSA) is 58.1 Å². The monoisotopic (exact) mass is 338 g/mol. The molecule has 1 N–H and O–H groups in total. The molecule has 132 valence electrons. The molecule has 0 fully saturated rings. The Morgan fingerprint density at radius 3 is 2.88 bits per heavy atom. The maximum Gasteiger partial charge on any atom is 0.277 e. The number of para-hydroxylation sites is 1. The van der Waals surface area contributed by atoms with Crippen LogP contribution in [0.2, 0.25) is 0 Å². The molecule has 25 heavy (non-hydrogen) atoms. The number of fused-ring (bicyclic) bond motifs is 1. The number of amides is 1. The van der Waals surface area contributed by atoms with Gasteiger partial charge >= 0.3 is 0 Å². The lowest BCUT2D eigenvalue weighted by molar-refractivity contribution is 0.0980. The van der Waals surface area contributed by atoms with Crippen LogP contribution >= 0.6 is 0 Å². The number of benzene rings is 1. The summed E-state index contributed by atoms with van der Waals surface area (Å²) in [5, 5.41) is 3.31. The van der Waals surface area contributed by atoms with E-state index in [1.165, 1.54) is 5.56 Å². The highest BCUT2D eigenvalue weighted by Gasteiger charge is 2.24. The van der Waals surface area contributed by atoms with Crippen LogP contribution in [-0.4, -0.2) is 29.0 Å². The number of carbonyl (C=O) groups is 1. The van der Waals surface area contributed by atoms with E-state index in [2.05, 4.69) is 35.2 Å². The first-order valence-corrected chi connectivity index (χ1v) is 9.04. The fourth-order valence-corrected chi connectivity index (χ4v) is 3.14. The molecule has 5 nitrogen and oxygen atoms in total. The number of hydrogen-bond donors (Lipinski definition) is 1. The number of anilines is 2. The summed E-state index contributed by atoms with van der Waals surface area (Å²) in [7, 11) is 0. The van der Waals surface area contributed by atoms with Gasteiger partial charge in [0.25, 0.3) is 5.91 Å². The second kappa shape index (κ2) is 7.64. The maximum atomic E-state index is 13.1. The summed E-state index contributed by atoms with van der Waals surface area (Å²) in [4.78, 5) is 23.7. The molecule has 2 aromatic rings. The van der Waals surface area contributed by atoms with Crippen molar-refractivity contribution in [3.63, 3.8) is 0 Å². The standard InChI is InChI=1S/C20H26N4O/c1-14(2)10-11-21-19-13-17(22-15(3)23-19)20(25)24-12-6-8-16-7-4-5-9-18(16)24/h4-5,7,9,13-14H,6,8,10-12H2,1-3H3,(H,21,22,23). The zero-order valence-electron chi connectivity index (χ0n) is 15.2. The lowest BCUT2D eigenvalue weighted by Gasteiger charge is -2.29. The Morgan fingerprint density at radius 1 is 1.28 bits per heavy atom. The number of nitrogens with one attached hydrogen (secondary N) is 1. The molecule has 0 aliphatic carbocycles. The molecule has 0 radical (unpaired) electrons. The van der Waals surface area contributed by atoms with Crippen molar-refractivity contribution in [3.05, 3.63) is 47.4 Å². The molecule has 0 bridgehead atoms. The number of nitrogens with zero attached hydrogens (tertiary/aromatic N) is 3. The van der Waals surface area contributed by atoms with Gasteiger partial charge in [0.15, 0.2) is 0 Å². The minimum atomic E-state index is -0.0513. The number of rotatable bonds is 5. The summed E-state index contributed by atoms with van der Waals surface area (Å²) in [5.74, 6) is 1.91. The summed E-state index contributed by atoms with van der Waals surface area (Å²) in [5.41, 5.74) is 2.68. The maximum absolute atomic E-state index is 13.1. The number of hydrogen-bond acceptors (Lipinski definition) is 4. The molecule has 1 aromatic carbocycles. The van der Waals surface area contributed by atoms with Crippen molar-refractivity contribution in [2.45, 2.75) is 40.0 Å². The highest BCUT2D eigenvalue weighted by molar-refractivity contribution is 6.05. The van der Waals surface area contributed by atoms with Crippen LogP contribution in [-0.2, 0) is 6.42 Å². The van der Waals surface area contributed by atoms with Crippen LogP contribution in [0.15, 0.2) is 30.3 Å². The zero-order valence-corrected chi connectivity index (χ0v) is 15.2. The quantitative estimate of drug-likeness (QED) is 0.900. The van der Waals surface area contributed by atoms with E-state index in [1.807, 2.05) is 30.0 Å². The highest BCUT2D eigenvalue weighted by atomic mass is 16.2. The summed E-state index contributed by atoms with van der Waals surface area (Å²) < 4.78 is 0. The molecule has 0 saturated carbocycles. The third kappa shape index (κ3) is 4.16. The molecular weight excluding hydrogens is 312 g/mol. The minimum absolute atomic E-state index is 0.0513. The van der Waals surface area contributed by atoms with Gasteiger partial charge in [0.1, 0.15) is 17.3 Å². The lowest BCUT2D eigenvalue weighted by Crippen LogP contribution is -2.36. The normalized spacial score (nSPS) is 13.7. The molecule has 1 amide bonds. The molecule has 0 spiro atoms. The predicted molar refractivity (Wildman–Crippen MR) is 101 cm³/mol. The predicted octanol–water partition coefficient (Wildman–Crippen LogP) is 3.84. The fraction of sp³-hybridized carbons (Fsp3) is 0.450. The highest BCUT2D eigenvalue weighted by Crippen LogP contribution is 2.28. The first-order valence-electron chi connectivity index (χ1n) is 9.04. The van der Waals surface area contributed by atoms with Crippen LogP contribution in [0.25, 0.3) is 0 Å². The number of aryl methyl sites for hydroxylation is 2. The van der Waals surface area contributed by atoms with Gasteiger partial charge < -0.3 is 10.2 Å². The van der Waals surface area contributed by atoms with E-state index in [4.69, 9.17) is 0 Å². The smallest absolute Gasteiger partial charge is 0.277 e. The van der Waals surface area contributed by atoms with Crippen molar-refractivity contribution < 1.29 is 4.79 Å². The largest absolute Gasteiger partial charge is 0.370 e. The lowest BCUT2D eigenvalue weighted by atomic mass is 10.0. The fourth-order valence-electron chi connectivity index (χ4n) is 3.14. The molecule has 1 aromatic heterocycles. The zero-order chi connectivity index (χ0) is 17.8. The number of aromatic nitrogens is 2. The minimum Gasteiger partial charge on any atom is -0.370 e. The van der Waals surface area contributed by atoms with Gasteiger partial charge in [-0.3, -0.25) is 4.79 Å². The van der Waals surface area contributed by atoms with Crippen LogP contribution in [0.5, 0.6) is 0 Å². The first kappa shape index (κ1) is 17.4. The Morgan fingerprint density at radius 2 is 2.08 bits per heavy atom. The first-order chi connectivity index (χ1) is 12.0. The van der Waals surface area contributed by atoms with Gasteiger partial charge in [0.05, 0.1) is 0 Å². The van der Waals surface area contributed by atoms with E-state index in [0.29, 0.717) is 17.4 Å². The van der Waals surface area contributed by atoms with Crippen LogP contribution in [0.1, 0.15) is 48.6 Å². The van der Waals surface area contributed by atoms with Crippen molar-refractivity contribution in [2.24, 2.45) is 5.92 Å². The summed E-state index contributed by atoms with van der Waals surface area (Å²) >= 11 is 0. The van der Waals surface area contributed by atoms with Crippen molar-refractivity contribution in [1.29, 1.82) is 0 Å². The second-order valence-electron chi connectivity index (χ2n) is 6.98. The Kier molecular flexibility index (Phi) is 5.31. The Hall–Kier alpha value is -2.43. The van der Waals surface area contributed by atoms with E-state index in [9.17, 15) is 4.79 Å². The van der Waals surface area contributed by atoms with Crippen LogP contribution in [0.4, 0.5) is 11.5 Å². The third-order valence-corrected chi connectivity index (χ3v) is 4.44. The van der Waals surface area contributed by atoms with E-state index in [0.717, 1.165) is 43.9 Å². The van der Waals surface area contributed by atoms with Gasteiger partial charge in [0.2, 0.25) is 0 Å². The average molecular weight is 338 g/mol. The van der Waals surface area contributed by atoms with Gasteiger partial charge in [0, 0.05) is 24.8 Å². The van der Waals surface area contributed by atoms with E-state index < -0.39 is 0 Å². The van der Waals surface area contributed by atoms with Gasteiger partial charge in [-0.1, -0.05) is 32.0 Å². The summed E-state index contributed by atoms with van der Waals surface area (Å²) in [6.45, 7) is 7.78. The van der Waals surface area contributed by atoms with E-state index in [1.54, 1.807) is 6.07 Å². The van der Waals surface area contributed by atoms with Crippen molar-refractivity contribution in [3.8, 4) is 0 Å². The second-order valence-corrected chi connectivity index (χ2v) is 6.98. The summed E-state index contributed by atoms with van der Waals surface area (Å²) in [6, 6.07) is 9.89. The number of carbonyl (C=O) groups excluding carboxylic acids is 1. The van der Waals surface area contributed by atoms with Gasteiger partial charge in [-0.25, -0.2) is 9.97 Å². The van der Waals surface area contributed by atoms with Crippen molar-refractivity contribution >= 4 is 17.4 Å². The van der Waals surface area contributed by atoms with Crippen LogP contribution in [0, 0.1) is 12.8 Å². The molecule has 1 aliphatic rings. The SMILES string of the molecule is Cc1nc(NCCC(C)C)cc(C(=O)N2CCCc3ccccc32)n1. The Bertz CT molecular complexity index is 757. The Balaban J connectivity index is 1.82. The molecule has 1 aliphatic heterocycles. The molecule has 0 saturated heterocycles. The van der Waals surface area contributed by atoms with E-state index >= 15 is 0 Å². The third-order valence-electron chi connectivity index (χ3n) is 4.44. The summed E-state index contributed by atoms with van der Waals surface area (Å²) in [6.07, 6.45) is 3.06. The van der Waals surface area contributed by atoms with Crippen molar-refractivity contribution in [1.82, 2.24) is 9.97 Å². The Labute approximate surface area is 149 Å². The molecule has 2 heterocycles. The average Bonchev–Trinajstić information content (AvgIpc) is 2.60. The van der Waals surface area contributed by atoms with Gasteiger partial charge in [-0.15, -0.1) is 0 Å². The molecular formula is C20H26N4O. The van der Waals surface area contributed by atoms with Crippen molar-refractivity contribution in [2.75, 3.05) is 23.3 Å². The van der Waals surface area contributed by atoms with Gasteiger partial charge in [-0.05, 0) is 43.7 Å². The molecule has 3 rings (SSSR count).